The van der Waals surface area contributed by atoms with Crippen molar-refractivity contribution in [2.75, 3.05) is 5.75 Å². The van der Waals surface area contributed by atoms with Gasteiger partial charge in [-0.15, -0.1) is 11.8 Å². The van der Waals surface area contributed by atoms with Gasteiger partial charge in [0.1, 0.15) is 0 Å². The lowest BCUT2D eigenvalue weighted by Gasteiger charge is -2.15. The normalized spacial score (nSPS) is 15.7. The molecular formula is C16H22F3NS. The third-order valence-corrected chi connectivity index (χ3v) is 4.58. The van der Waals surface area contributed by atoms with Crippen molar-refractivity contribution in [3.63, 3.8) is 0 Å². The highest BCUT2D eigenvalue weighted by Crippen LogP contribution is 2.37. The Morgan fingerprint density at radius 3 is 2.57 bits per heavy atom. The first-order valence-electron chi connectivity index (χ1n) is 7.42. The fraction of sp³-hybridized carbons (Fsp3) is 0.625. The SMILES string of the molecule is CC(C)CCSc1ccc(CNC2CC2)cc1C(F)(F)F. The number of nitrogens with one attached hydrogen (secondary N) is 1. The Morgan fingerprint density at radius 2 is 2.00 bits per heavy atom. The molecule has 118 valence electrons. The largest absolute Gasteiger partial charge is 0.417 e. The van der Waals surface area contributed by atoms with Crippen molar-refractivity contribution >= 4 is 11.8 Å². The summed E-state index contributed by atoms with van der Waals surface area (Å²) >= 11 is 1.31. The zero-order valence-electron chi connectivity index (χ0n) is 12.5. The summed E-state index contributed by atoms with van der Waals surface area (Å²) in [5.74, 6) is 1.23. The van der Waals surface area contributed by atoms with Gasteiger partial charge in [0.15, 0.2) is 0 Å². The van der Waals surface area contributed by atoms with Gasteiger partial charge in [0.05, 0.1) is 5.56 Å². The zero-order chi connectivity index (χ0) is 15.5. The molecule has 21 heavy (non-hydrogen) atoms. The van der Waals surface area contributed by atoms with Gasteiger partial charge >= 0.3 is 6.18 Å². The summed E-state index contributed by atoms with van der Waals surface area (Å²) in [6.45, 7) is 4.68. The Balaban J connectivity index is 2.06. The Morgan fingerprint density at radius 1 is 1.29 bits per heavy atom. The number of halogens is 3. The van der Waals surface area contributed by atoms with Crippen LogP contribution in [0.4, 0.5) is 13.2 Å². The van der Waals surface area contributed by atoms with Crippen LogP contribution in [0.15, 0.2) is 23.1 Å². The highest BCUT2D eigenvalue weighted by Gasteiger charge is 2.33. The smallest absolute Gasteiger partial charge is 0.310 e. The Bertz CT molecular complexity index is 467. The number of hydrogen-bond acceptors (Lipinski definition) is 2. The number of benzene rings is 1. The minimum atomic E-state index is -4.28. The first-order chi connectivity index (χ1) is 9.86. The number of hydrogen-bond donors (Lipinski definition) is 1. The molecule has 1 nitrogen and oxygen atoms in total. The van der Waals surface area contributed by atoms with Crippen molar-refractivity contribution in [2.24, 2.45) is 5.92 Å². The molecule has 1 aliphatic carbocycles. The molecule has 5 heteroatoms. The summed E-state index contributed by atoms with van der Waals surface area (Å²) in [7, 11) is 0. The molecule has 0 radical (unpaired) electrons. The molecule has 0 bridgehead atoms. The molecule has 1 N–H and O–H groups in total. The molecule has 0 aromatic heterocycles. The van der Waals surface area contributed by atoms with Crippen molar-refractivity contribution < 1.29 is 13.2 Å². The highest BCUT2D eigenvalue weighted by molar-refractivity contribution is 7.99. The standard InChI is InChI=1S/C16H22F3NS/c1-11(2)7-8-21-15-6-3-12(10-20-13-4-5-13)9-14(15)16(17,18)19/h3,6,9,11,13,20H,4-5,7-8,10H2,1-2H3. The summed E-state index contributed by atoms with van der Waals surface area (Å²) in [6, 6.07) is 5.23. The van der Waals surface area contributed by atoms with Crippen molar-refractivity contribution in [3.8, 4) is 0 Å². The summed E-state index contributed by atoms with van der Waals surface area (Å²) in [6.07, 6.45) is -1.09. The summed E-state index contributed by atoms with van der Waals surface area (Å²) < 4.78 is 39.6. The quantitative estimate of drug-likeness (QED) is 0.703. The molecule has 1 aromatic rings. The summed E-state index contributed by atoms with van der Waals surface area (Å²) in [5.41, 5.74) is 0.216. The first-order valence-corrected chi connectivity index (χ1v) is 8.41. The van der Waals surface area contributed by atoms with Crippen LogP contribution in [0.2, 0.25) is 0 Å². The van der Waals surface area contributed by atoms with Crippen molar-refractivity contribution in [1.29, 1.82) is 0 Å². The molecule has 1 saturated carbocycles. The van der Waals surface area contributed by atoms with E-state index in [4.69, 9.17) is 0 Å². The topological polar surface area (TPSA) is 12.0 Å². The van der Waals surface area contributed by atoms with E-state index < -0.39 is 11.7 Å². The second-order valence-corrected chi connectivity index (χ2v) is 7.15. The third kappa shape index (κ3) is 5.55. The van der Waals surface area contributed by atoms with Crippen LogP contribution in [0, 0.1) is 5.92 Å². The molecule has 0 saturated heterocycles. The Hall–Kier alpha value is -0.680. The van der Waals surface area contributed by atoms with Crippen LogP contribution in [0.5, 0.6) is 0 Å². The van der Waals surface area contributed by atoms with E-state index in [1.165, 1.54) is 17.8 Å². The van der Waals surface area contributed by atoms with Crippen LogP contribution >= 0.6 is 11.8 Å². The molecule has 1 aromatic carbocycles. The number of rotatable bonds is 7. The maximum atomic E-state index is 13.2. The maximum absolute atomic E-state index is 13.2. The van der Waals surface area contributed by atoms with Crippen molar-refractivity contribution in [1.82, 2.24) is 5.32 Å². The molecule has 0 atom stereocenters. The van der Waals surface area contributed by atoms with E-state index in [0.717, 1.165) is 25.0 Å². The predicted molar refractivity (Wildman–Crippen MR) is 81.5 cm³/mol. The van der Waals surface area contributed by atoms with E-state index in [1.54, 1.807) is 6.07 Å². The highest BCUT2D eigenvalue weighted by atomic mass is 32.2. The minimum Gasteiger partial charge on any atom is -0.310 e. The third-order valence-electron chi connectivity index (χ3n) is 3.47. The van der Waals surface area contributed by atoms with E-state index in [0.29, 0.717) is 29.0 Å². The molecular weight excluding hydrogens is 295 g/mol. The lowest BCUT2D eigenvalue weighted by molar-refractivity contribution is -0.139. The number of thioether (sulfide) groups is 1. The van der Waals surface area contributed by atoms with Crippen LogP contribution in [0.25, 0.3) is 0 Å². The second-order valence-electron chi connectivity index (χ2n) is 6.01. The van der Waals surface area contributed by atoms with Crippen LogP contribution in [-0.4, -0.2) is 11.8 Å². The van der Waals surface area contributed by atoms with Gasteiger partial charge in [0.2, 0.25) is 0 Å². The lowest BCUT2D eigenvalue weighted by Crippen LogP contribution is -2.16. The van der Waals surface area contributed by atoms with E-state index in [1.807, 2.05) is 6.07 Å². The van der Waals surface area contributed by atoms with Gasteiger partial charge in [-0.05, 0) is 48.6 Å². The molecule has 2 rings (SSSR count). The Kier molecular flexibility index (Phi) is 5.60. The van der Waals surface area contributed by atoms with Gasteiger partial charge in [-0.1, -0.05) is 19.9 Å². The molecule has 0 spiro atoms. The van der Waals surface area contributed by atoms with Crippen LogP contribution < -0.4 is 5.32 Å². The van der Waals surface area contributed by atoms with Gasteiger partial charge in [0, 0.05) is 17.5 Å². The molecule has 0 heterocycles. The van der Waals surface area contributed by atoms with E-state index >= 15 is 0 Å². The predicted octanol–water partition coefficient (Wildman–Crippen LogP) is 5.10. The zero-order valence-corrected chi connectivity index (χ0v) is 13.3. The fourth-order valence-electron chi connectivity index (χ4n) is 1.99. The first kappa shape index (κ1) is 16.7. The maximum Gasteiger partial charge on any atom is 0.417 e. The van der Waals surface area contributed by atoms with Gasteiger partial charge in [0.25, 0.3) is 0 Å². The van der Waals surface area contributed by atoms with Gasteiger partial charge in [-0.3, -0.25) is 0 Å². The summed E-state index contributed by atoms with van der Waals surface area (Å²) in [4.78, 5) is 0.346. The van der Waals surface area contributed by atoms with Gasteiger partial charge < -0.3 is 5.32 Å². The van der Waals surface area contributed by atoms with Crippen LogP contribution in [-0.2, 0) is 12.7 Å². The van der Waals surface area contributed by atoms with Crippen molar-refractivity contribution in [3.05, 3.63) is 29.3 Å². The molecule has 1 aliphatic rings. The summed E-state index contributed by atoms with van der Waals surface area (Å²) in [5, 5.41) is 3.25. The van der Waals surface area contributed by atoms with Crippen LogP contribution in [0.1, 0.15) is 44.2 Å². The minimum absolute atomic E-state index is 0.346. The monoisotopic (exact) mass is 317 g/mol. The second kappa shape index (κ2) is 7.05. The fourth-order valence-corrected chi connectivity index (χ4v) is 3.29. The van der Waals surface area contributed by atoms with E-state index in [2.05, 4.69) is 19.2 Å². The van der Waals surface area contributed by atoms with Crippen molar-refractivity contribution in [2.45, 2.75) is 56.8 Å². The molecule has 1 fully saturated rings. The van der Waals surface area contributed by atoms with Gasteiger partial charge in [-0.2, -0.15) is 13.2 Å². The lowest BCUT2D eigenvalue weighted by atomic mass is 10.1. The van der Waals surface area contributed by atoms with Gasteiger partial charge in [-0.25, -0.2) is 0 Å². The average molecular weight is 317 g/mol. The Labute approximate surface area is 128 Å². The number of alkyl halides is 3. The average Bonchev–Trinajstić information content (AvgIpc) is 3.19. The molecule has 0 unspecified atom stereocenters. The van der Waals surface area contributed by atoms with E-state index in [-0.39, 0.29) is 0 Å². The molecule has 0 amide bonds. The molecule has 0 aliphatic heterocycles. The van der Waals surface area contributed by atoms with Crippen LogP contribution in [0.3, 0.4) is 0 Å². The van der Waals surface area contributed by atoms with E-state index in [9.17, 15) is 13.2 Å².